The van der Waals surface area contributed by atoms with E-state index in [0.29, 0.717) is 18.4 Å². The summed E-state index contributed by atoms with van der Waals surface area (Å²) in [7, 11) is 1.98. The van der Waals surface area contributed by atoms with Gasteiger partial charge in [0.2, 0.25) is 0 Å². The maximum absolute atomic E-state index is 6.00. The molecule has 1 atom stereocenters. The van der Waals surface area contributed by atoms with E-state index < -0.39 is 0 Å². The van der Waals surface area contributed by atoms with Crippen molar-refractivity contribution in [3.8, 4) is 0 Å². The Morgan fingerprint density at radius 1 is 1.28 bits per heavy atom. The highest BCUT2D eigenvalue weighted by Gasteiger charge is 2.08. The lowest BCUT2D eigenvalue weighted by atomic mass is 9.99. The third-order valence-corrected chi connectivity index (χ3v) is 4.89. The summed E-state index contributed by atoms with van der Waals surface area (Å²) in [5, 5.41) is 7.61. The number of benzene rings is 1. The van der Waals surface area contributed by atoms with E-state index in [2.05, 4.69) is 67.4 Å². The number of aromatic nitrogens is 2. The lowest BCUT2D eigenvalue weighted by Crippen LogP contribution is -2.22. The molecule has 0 aliphatic heterocycles. The smallest absolute Gasteiger partial charge is 0.193 e. The van der Waals surface area contributed by atoms with Crippen molar-refractivity contribution in [3.05, 3.63) is 46.8 Å². The molecule has 25 heavy (non-hydrogen) atoms. The first kappa shape index (κ1) is 19.0. The van der Waals surface area contributed by atoms with Crippen molar-refractivity contribution in [1.82, 2.24) is 9.78 Å². The normalized spacial score (nSPS) is 13.1. The second-order valence-corrected chi connectivity index (χ2v) is 6.70. The maximum atomic E-state index is 6.00. The molecule has 1 aromatic heterocycles. The first-order valence-electron chi connectivity index (χ1n) is 9.08. The van der Waals surface area contributed by atoms with E-state index in [0.717, 1.165) is 30.6 Å². The molecule has 0 aliphatic rings. The molecular formula is C20H31N5. The molecule has 5 nitrogen and oxygen atoms in total. The van der Waals surface area contributed by atoms with Crippen LogP contribution < -0.4 is 11.1 Å². The van der Waals surface area contributed by atoms with E-state index in [-0.39, 0.29) is 0 Å². The van der Waals surface area contributed by atoms with Gasteiger partial charge in [-0.1, -0.05) is 26.0 Å². The van der Waals surface area contributed by atoms with Gasteiger partial charge >= 0.3 is 0 Å². The van der Waals surface area contributed by atoms with Crippen molar-refractivity contribution >= 4 is 11.6 Å². The van der Waals surface area contributed by atoms with Crippen molar-refractivity contribution in [2.24, 2.45) is 17.8 Å². The van der Waals surface area contributed by atoms with Gasteiger partial charge in [0.25, 0.3) is 0 Å². The summed E-state index contributed by atoms with van der Waals surface area (Å²) in [6.07, 6.45) is 3.08. The van der Waals surface area contributed by atoms with Crippen LogP contribution in [-0.4, -0.2) is 22.3 Å². The molecule has 5 heteroatoms. The standard InChI is InChI=1S/C20H31N5/c1-6-14(2)17-9-11-18(12-10-17)23-20(21)22-13-7-8-19-15(3)24-25(5)16(19)4/h9-12,14H,6-8,13H2,1-5H3,(H3,21,22,23). The largest absolute Gasteiger partial charge is 0.370 e. The molecule has 2 aromatic rings. The molecule has 0 spiro atoms. The highest BCUT2D eigenvalue weighted by atomic mass is 15.3. The molecule has 3 N–H and O–H groups in total. The van der Waals surface area contributed by atoms with Crippen LogP contribution >= 0.6 is 0 Å². The number of aliphatic imine (C=N–C) groups is 1. The van der Waals surface area contributed by atoms with E-state index in [9.17, 15) is 0 Å². The second-order valence-electron chi connectivity index (χ2n) is 6.70. The molecule has 0 saturated carbocycles. The van der Waals surface area contributed by atoms with Gasteiger partial charge in [0, 0.05) is 25.0 Å². The molecule has 1 aromatic carbocycles. The number of rotatable bonds is 7. The van der Waals surface area contributed by atoms with Gasteiger partial charge < -0.3 is 11.1 Å². The number of hydrogen-bond donors (Lipinski definition) is 2. The first-order valence-corrected chi connectivity index (χ1v) is 9.08. The van der Waals surface area contributed by atoms with Crippen molar-refractivity contribution < 1.29 is 0 Å². The Morgan fingerprint density at radius 2 is 1.96 bits per heavy atom. The molecule has 0 amide bonds. The summed E-state index contributed by atoms with van der Waals surface area (Å²) < 4.78 is 1.94. The van der Waals surface area contributed by atoms with Crippen LogP contribution in [0.2, 0.25) is 0 Å². The number of anilines is 1. The quantitative estimate of drug-likeness (QED) is 0.456. The van der Waals surface area contributed by atoms with E-state index >= 15 is 0 Å². The van der Waals surface area contributed by atoms with Gasteiger partial charge in [-0.3, -0.25) is 9.67 Å². The Labute approximate surface area is 151 Å². The molecule has 0 saturated heterocycles. The summed E-state index contributed by atoms with van der Waals surface area (Å²) in [5.41, 5.74) is 12.0. The molecular weight excluding hydrogens is 310 g/mol. The molecule has 1 heterocycles. The minimum absolute atomic E-state index is 0.468. The minimum Gasteiger partial charge on any atom is -0.370 e. The Kier molecular flexibility index (Phi) is 6.62. The lowest BCUT2D eigenvalue weighted by molar-refractivity contribution is 0.728. The third kappa shape index (κ3) is 5.08. The van der Waals surface area contributed by atoms with Crippen LogP contribution in [0.5, 0.6) is 0 Å². The maximum Gasteiger partial charge on any atom is 0.193 e. The fourth-order valence-electron chi connectivity index (χ4n) is 2.95. The molecule has 2 rings (SSSR count). The SMILES string of the molecule is CCC(C)c1ccc(NC(N)=NCCCc2c(C)nn(C)c2C)cc1. The van der Waals surface area contributed by atoms with Crippen LogP contribution in [0.25, 0.3) is 0 Å². The predicted octanol–water partition coefficient (Wildman–Crippen LogP) is 3.91. The summed E-state index contributed by atoms with van der Waals surface area (Å²) in [6, 6.07) is 8.42. The van der Waals surface area contributed by atoms with Gasteiger partial charge in [0.05, 0.1) is 5.69 Å². The number of aryl methyl sites for hydroxylation is 2. The van der Waals surface area contributed by atoms with Crippen molar-refractivity contribution in [2.45, 2.75) is 52.9 Å². The number of nitrogens with zero attached hydrogens (tertiary/aromatic N) is 3. The van der Waals surface area contributed by atoms with E-state index in [1.165, 1.54) is 16.8 Å². The van der Waals surface area contributed by atoms with E-state index in [4.69, 9.17) is 5.73 Å². The summed E-state index contributed by atoms with van der Waals surface area (Å²) in [4.78, 5) is 4.43. The van der Waals surface area contributed by atoms with Crippen LogP contribution in [0.3, 0.4) is 0 Å². The van der Waals surface area contributed by atoms with E-state index in [1.807, 2.05) is 11.7 Å². The number of nitrogens with one attached hydrogen (secondary N) is 1. The Balaban J connectivity index is 1.83. The van der Waals surface area contributed by atoms with Gasteiger partial charge in [-0.2, -0.15) is 5.10 Å². The van der Waals surface area contributed by atoms with Crippen LogP contribution in [0, 0.1) is 13.8 Å². The number of guanidine groups is 1. The summed E-state index contributed by atoms with van der Waals surface area (Å²) >= 11 is 0. The van der Waals surface area contributed by atoms with Gasteiger partial charge in [-0.15, -0.1) is 0 Å². The zero-order valence-electron chi connectivity index (χ0n) is 16.1. The van der Waals surface area contributed by atoms with Crippen LogP contribution in [0.4, 0.5) is 5.69 Å². The highest BCUT2D eigenvalue weighted by molar-refractivity contribution is 5.92. The predicted molar refractivity (Wildman–Crippen MR) is 106 cm³/mol. The highest BCUT2D eigenvalue weighted by Crippen LogP contribution is 2.20. The zero-order chi connectivity index (χ0) is 18.4. The molecule has 1 unspecified atom stereocenters. The lowest BCUT2D eigenvalue weighted by Gasteiger charge is -2.10. The summed E-state index contributed by atoms with van der Waals surface area (Å²) in [6.45, 7) is 9.32. The Hall–Kier alpha value is -2.30. The molecule has 0 aliphatic carbocycles. The van der Waals surface area contributed by atoms with Gasteiger partial charge in [0.15, 0.2) is 5.96 Å². The monoisotopic (exact) mass is 341 g/mol. The molecule has 0 radical (unpaired) electrons. The fraction of sp³-hybridized carbons (Fsp3) is 0.500. The Morgan fingerprint density at radius 3 is 2.52 bits per heavy atom. The molecule has 0 bridgehead atoms. The topological polar surface area (TPSA) is 68.2 Å². The molecule has 0 fully saturated rings. The third-order valence-electron chi connectivity index (χ3n) is 4.89. The fourth-order valence-corrected chi connectivity index (χ4v) is 2.95. The number of hydrogen-bond acceptors (Lipinski definition) is 2. The molecule has 136 valence electrons. The van der Waals surface area contributed by atoms with Crippen molar-refractivity contribution in [2.75, 3.05) is 11.9 Å². The van der Waals surface area contributed by atoms with E-state index in [1.54, 1.807) is 0 Å². The van der Waals surface area contributed by atoms with Crippen molar-refractivity contribution in [1.29, 1.82) is 0 Å². The van der Waals surface area contributed by atoms with Crippen LogP contribution in [0.15, 0.2) is 29.3 Å². The summed E-state index contributed by atoms with van der Waals surface area (Å²) in [5.74, 6) is 1.05. The zero-order valence-corrected chi connectivity index (χ0v) is 16.1. The van der Waals surface area contributed by atoms with Gasteiger partial charge in [-0.25, -0.2) is 0 Å². The average molecular weight is 342 g/mol. The van der Waals surface area contributed by atoms with Crippen molar-refractivity contribution in [3.63, 3.8) is 0 Å². The minimum atomic E-state index is 0.468. The van der Waals surface area contributed by atoms with Gasteiger partial charge in [0.1, 0.15) is 0 Å². The van der Waals surface area contributed by atoms with Crippen LogP contribution in [-0.2, 0) is 13.5 Å². The van der Waals surface area contributed by atoms with Gasteiger partial charge in [-0.05, 0) is 62.3 Å². The number of nitrogens with two attached hydrogens (primary N) is 1. The second kappa shape index (κ2) is 8.70. The Bertz CT molecular complexity index is 712. The first-order chi connectivity index (χ1) is 11.9. The van der Waals surface area contributed by atoms with Crippen LogP contribution in [0.1, 0.15) is 55.1 Å². The average Bonchev–Trinajstić information content (AvgIpc) is 2.84.